The second-order valence-electron chi connectivity index (χ2n) is 8.65. The molecule has 0 fully saturated rings. The van der Waals surface area contributed by atoms with Crippen LogP contribution in [0, 0.1) is 6.92 Å². The van der Waals surface area contributed by atoms with Crippen LogP contribution in [0.1, 0.15) is 33.4 Å². The van der Waals surface area contributed by atoms with Gasteiger partial charge in [0.25, 0.3) is 0 Å². The van der Waals surface area contributed by atoms with Crippen LogP contribution in [0.2, 0.25) is 0 Å². The molecule has 0 aliphatic rings. The molecule has 0 radical (unpaired) electrons. The Labute approximate surface area is 215 Å². The van der Waals surface area contributed by atoms with Crippen molar-refractivity contribution in [1.82, 2.24) is 0 Å². The van der Waals surface area contributed by atoms with Gasteiger partial charge in [0.15, 0.2) is 0 Å². The molecule has 0 amide bonds. The summed E-state index contributed by atoms with van der Waals surface area (Å²) in [5.41, 5.74) is 10.2. The zero-order valence-electron chi connectivity index (χ0n) is 19.9. The molecule has 1 heteroatoms. The second-order valence-corrected chi connectivity index (χ2v) is 10.8. The van der Waals surface area contributed by atoms with Crippen LogP contribution in [0.5, 0.6) is 0 Å². The van der Waals surface area contributed by atoms with Gasteiger partial charge in [-0.05, 0) is 0 Å². The SMILES string of the molecule is Cc1ccc(C[Se]c2ccc(C(=C(c3ccccc3)c3ccccc3)c3ccccc3)cc2)cc1. The van der Waals surface area contributed by atoms with Crippen LogP contribution in [0.15, 0.2) is 140 Å². The average Bonchev–Trinajstić information content (AvgIpc) is 2.93. The van der Waals surface area contributed by atoms with Gasteiger partial charge in [-0.3, -0.25) is 0 Å². The summed E-state index contributed by atoms with van der Waals surface area (Å²) in [6.07, 6.45) is 0. The van der Waals surface area contributed by atoms with E-state index in [2.05, 4.69) is 146 Å². The van der Waals surface area contributed by atoms with Crippen LogP contribution < -0.4 is 4.46 Å². The summed E-state index contributed by atoms with van der Waals surface area (Å²) in [5, 5.41) is 1.12. The molecule has 0 heterocycles. The fourth-order valence-electron chi connectivity index (χ4n) is 4.29. The summed E-state index contributed by atoms with van der Waals surface area (Å²) in [4.78, 5) is 0. The van der Waals surface area contributed by atoms with Gasteiger partial charge in [-0.25, -0.2) is 0 Å². The molecule has 0 saturated carbocycles. The first-order valence-corrected chi connectivity index (χ1v) is 14.0. The van der Waals surface area contributed by atoms with Crippen molar-refractivity contribution in [1.29, 1.82) is 0 Å². The monoisotopic (exact) mass is 516 g/mol. The third-order valence-corrected chi connectivity index (χ3v) is 8.38. The zero-order valence-corrected chi connectivity index (χ0v) is 21.6. The van der Waals surface area contributed by atoms with Gasteiger partial charge in [0, 0.05) is 0 Å². The fourth-order valence-corrected chi connectivity index (χ4v) is 6.09. The molecule has 0 unspecified atom stereocenters. The van der Waals surface area contributed by atoms with Gasteiger partial charge in [-0.15, -0.1) is 0 Å². The van der Waals surface area contributed by atoms with Crippen LogP contribution in [0.4, 0.5) is 0 Å². The Morgan fingerprint density at radius 2 is 0.857 bits per heavy atom. The average molecular weight is 516 g/mol. The maximum atomic E-state index is 2.32. The second kappa shape index (κ2) is 11.2. The molecular formula is C34H28Se. The minimum atomic E-state index is 0.409. The molecule has 5 rings (SSSR count). The molecule has 170 valence electrons. The van der Waals surface area contributed by atoms with Crippen molar-refractivity contribution < 1.29 is 0 Å². The number of aryl methyl sites for hydroxylation is 1. The van der Waals surface area contributed by atoms with Crippen molar-refractivity contribution in [2.45, 2.75) is 12.2 Å². The summed E-state index contributed by atoms with van der Waals surface area (Å²) < 4.78 is 1.43. The maximum absolute atomic E-state index is 2.32. The fraction of sp³-hybridized carbons (Fsp3) is 0.0588. The molecule has 0 bridgehead atoms. The van der Waals surface area contributed by atoms with E-state index in [4.69, 9.17) is 0 Å². The van der Waals surface area contributed by atoms with Gasteiger partial charge in [0.05, 0.1) is 0 Å². The van der Waals surface area contributed by atoms with E-state index < -0.39 is 0 Å². The minimum absolute atomic E-state index is 0.409. The van der Waals surface area contributed by atoms with Gasteiger partial charge in [0.2, 0.25) is 0 Å². The topological polar surface area (TPSA) is 0 Å². The van der Waals surface area contributed by atoms with Crippen LogP contribution in [0.3, 0.4) is 0 Å². The van der Waals surface area contributed by atoms with Crippen molar-refractivity contribution >= 4 is 30.6 Å². The predicted molar refractivity (Wildman–Crippen MR) is 151 cm³/mol. The summed E-state index contributed by atoms with van der Waals surface area (Å²) in [6.45, 7) is 2.14. The molecular weight excluding hydrogens is 487 g/mol. The van der Waals surface area contributed by atoms with Crippen LogP contribution in [0.25, 0.3) is 11.1 Å². The van der Waals surface area contributed by atoms with E-state index in [1.165, 1.54) is 49.0 Å². The Hall–Kier alpha value is -3.64. The molecule has 0 aromatic heterocycles. The predicted octanol–water partition coefficient (Wildman–Crippen LogP) is 7.53. The first-order valence-electron chi connectivity index (χ1n) is 12.0. The van der Waals surface area contributed by atoms with E-state index in [1.807, 2.05) is 0 Å². The first kappa shape index (κ1) is 23.1. The van der Waals surface area contributed by atoms with Gasteiger partial charge in [-0.2, -0.15) is 0 Å². The van der Waals surface area contributed by atoms with E-state index >= 15 is 0 Å². The van der Waals surface area contributed by atoms with Crippen LogP contribution in [-0.4, -0.2) is 15.0 Å². The first-order chi connectivity index (χ1) is 17.3. The van der Waals surface area contributed by atoms with Crippen LogP contribution >= 0.6 is 0 Å². The number of hydrogen-bond acceptors (Lipinski definition) is 0. The van der Waals surface area contributed by atoms with Crippen molar-refractivity contribution in [2.24, 2.45) is 0 Å². The van der Waals surface area contributed by atoms with E-state index in [-0.39, 0.29) is 0 Å². The standard InChI is InChI=1S/C34H28Se/c1-26-17-19-27(20-18-26)25-35-32-23-21-31(22-24-32)34(30-15-9-4-10-16-30)33(28-11-5-2-6-12-28)29-13-7-3-8-14-29/h2-24H,25H2,1H3. The normalized spacial score (nSPS) is 10.7. The molecule has 0 aliphatic heterocycles. The van der Waals surface area contributed by atoms with Gasteiger partial charge < -0.3 is 0 Å². The molecule has 0 N–H and O–H groups in total. The molecule has 5 aromatic carbocycles. The molecule has 0 nitrogen and oxygen atoms in total. The van der Waals surface area contributed by atoms with Gasteiger partial charge in [0.1, 0.15) is 0 Å². The number of rotatable bonds is 7. The third-order valence-electron chi connectivity index (χ3n) is 6.11. The Bertz CT molecular complexity index is 1340. The zero-order chi connectivity index (χ0) is 23.9. The third kappa shape index (κ3) is 5.72. The molecule has 35 heavy (non-hydrogen) atoms. The Morgan fingerprint density at radius 1 is 0.457 bits per heavy atom. The molecule has 0 spiro atoms. The van der Waals surface area contributed by atoms with Crippen LogP contribution in [-0.2, 0) is 5.32 Å². The van der Waals surface area contributed by atoms with Gasteiger partial charge >= 0.3 is 216 Å². The number of hydrogen-bond donors (Lipinski definition) is 0. The molecule has 0 saturated heterocycles. The summed E-state index contributed by atoms with van der Waals surface area (Å²) in [6, 6.07) is 50.5. The van der Waals surface area contributed by atoms with E-state index in [1.54, 1.807) is 0 Å². The van der Waals surface area contributed by atoms with Crippen molar-refractivity contribution in [3.63, 3.8) is 0 Å². The van der Waals surface area contributed by atoms with E-state index in [0.717, 1.165) is 5.32 Å². The summed E-state index contributed by atoms with van der Waals surface area (Å²) >= 11 is 0.409. The van der Waals surface area contributed by atoms with Crippen molar-refractivity contribution in [2.75, 3.05) is 0 Å². The Kier molecular flexibility index (Phi) is 7.39. The summed E-state index contributed by atoms with van der Waals surface area (Å²) in [5.74, 6) is 0. The van der Waals surface area contributed by atoms with E-state index in [9.17, 15) is 0 Å². The number of benzene rings is 5. The Morgan fingerprint density at radius 3 is 1.29 bits per heavy atom. The van der Waals surface area contributed by atoms with Gasteiger partial charge in [-0.1, -0.05) is 0 Å². The van der Waals surface area contributed by atoms with Crippen molar-refractivity contribution in [3.05, 3.63) is 173 Å². The Balaban J connectivity index is 1.58. The summed E-state index contributed by atoms with van der Waals surface area (Å²) in [7, 11) is 0. The molecule has 5 aromatic rings. The van der Waals surface area contributed by atoms with E-state index in [0.29, 0.717) is 15.0 Å². The molecule has 0 atom stereocenters. The van der Waals surface area contributed by atoms with Crippen molar-refractivity contribution in [3.8, 4) is 0 Å². The molecule has 0 aliphatic carbocycles. The quantitative estimate of drug-likeness (QED) is 0.155.